The van der Waals surface area contributed by atoms with Crippen LogP contribution in [0.3, 0.4) is 0 Å². The van der Waals surface area contributed by atoms with Gasteiger partial charge >= 0.3 is 12.1 Å². The van der Waals surface area contributed by atoms with Crippen LogP contribution < -0.4 is 10.6 Å². The molecule has 1 unspecified atom stereocenters. The lowest BCUT2D eigenvalue weighted by Gasteiger charge is -2.23. The minimum atomic E-state index is -0.488. The van der Waals surface area contributed by atoms with Gasteiger partial charge in [0.1, 0.15) is 17.2 Å². The van der Waals surface area contributed by atoms with Crippen LogP contribution in [0.1, 0.15) is 60.8 Å². The molecule has 1 atom stereocenters. The maximum atomic E-state index is 11.9. The Bertz CT molecular complexity index is 356. The maximum Gasteiger partial charge on any atom is 0.407 e. The van der Waals surface area contributed by atoms with Crippen LogP contribution in [0, 0.1) is 0 Å². The van der Waals surface area contributed by atoms with E-state index in [0.717, 1.165) is 12.8 Å². The molecule has 0 saturated carbocycles. The minimum Gasteiger partial charge on any atom is -0.459 e. The Hall–Kier alpha value is -1.30. The highest BCUT2D eigenvalue weighted by Crippen LogP contribution is 2.11. The minimum absolute atomic E-state index is 0.241. The van der Waals surface area contributed by atoms with Crippen LogP contribution in [0.2, 0.25) is 0 Å². The van der Waals surface area contributed by atoms with Crippen molar-refractivity contribution in [2.24, 2.45) is 0 Å². The molecule has 0 rings (SSSR count). The zero-order chi connectivity index (χ0) is 17.4. The molecule has 0 saturated heterocycles. The SMILES string of the molecule is CNC(CCCCNC(=O)OC(C)(C)C)C(=O)OC(C)(C)C. The molecule has 0 radical (unpaired) electrons. The quantitative estimate of drug-likeness (QED) is 0.558. The van der Waals surface area contributed by atoms with Gasteiger partial charge in [-0.1, -0.05) is 0 Å². The normalized spacial score (nSPS) is 13.4. The summed E-state index contributed by atoms with van der Waals surface area (Å²) in [4.78, 5) is 23.4. The van der Waals surface area contributed by atoms with Crippen LogP contribution in [0.15, 0.2) is 0 Å². The van der Waals surface area contributed by atoms with Crippen molar-refractivity contribution in [3.8, 4) is 0 Å². The van der Waals surface area contributed by atoms with Gasteiger partial charge < -0.3 is 20.1 Å². The van der Waals surface area contributed by atoms with Gasteiger partial charge in [-0.3, -0.25) is 4.79 Å². The van der Waals surface area contributed by atoms with Gasteiger partial charge in [0.15, 0.2) is 0 Å². The first-order valence-electron chi connectivity index (χ1n) is 7.81. The lowest BCUT2D eigenvalue weighted by molar-refractivity contribution is -0.157. The van der Waals surface area contributed by atoms with Gasteiger partial charge in [-0.2, -0.15) is 0 Å². The van der Waals surface area contributed by atoms with Crippen molar-refractivity contribution in [2.75, 3.05) is 13.6 Å². The lowest BCUT2D eigenvalue weighted by Crippen LogP contribution is -2.39. The number of carbonyl (C=O) groups excluding carboxylic acids is 2. The molecule has 0 aliphatic carbocycles. The van der Waals surface area contributed by atoms with Crippen LogP contribution in [-0.2, 0) is 14.3 Å². The third-order valence-electron chi connectivity index (χ3n) is 2.63. The van der Waals surface area contributed by atoms with Gasteiger partial charge in [0.25, 0.3) is 0 Å². The molecular formula is C16H32N2O4. The lowest BCUT2D eigenvalue weighted by atomic mass is 10.1. The number of rotatable bonds is 7. The Morgan fingerprint density at radius 2 is 1.50 bits per heavy atom. The number of likely N-dealkylation sites (N-methyl/N-ethyl adjacent to an activating group) is 1. The van der Waals surface area contributed by atoms with E-state index < -0.39 is 17.3 Å². The number of unbranched alkanes of at least 4 members (excludes halogenated alkanes) is 1. The van der Waals surface area contributed by atoms with E-state index in [-0.39, 0.29) is 12.0 Å². The molecule has 0 spiro atoms. The summed E-state index contributed by atoms with van der Waals surface area (Å²) < 4.78 is 10.5. The molecule has 22 heavy (non-hydrogen) atoms. The monoisotopic (exact) mass is 316 g/mol. The molecule has 6 heteroatoms. The van der Waals surface area contributed by atoms with Crippen LogP contribution in [0.5, 0.6) is 0 Å². The van der Waals surface area contributed by atoms with Crippen LogP contribution >= 0.6 is 0 Å². The van der Waals surface area contributed by atoms with E-state index in [0.29, 0.717) is 13.0 Å². The van der Waals surface area contributed by atoms with Gasteiger partial charge in [0.05, 0.1) is 0 Å². The summed E-state index contributed by atoms with van der Waals surface area (Å²) in [6, 6.07) is -0.319. The second-order valence-electron chi connectivity index (χ2n) is 7.30. The molecular weight excluding hydrogens is 284 g/mol. The molecule has 0 heterocycles. The fourth-order valence-corrected chi connectivity index (χ4v) is 1.73. The third kappa shape index (κ3) is 11.4. The molecule has 0 fully saturated rings. The highest BCUT2D eigenvalue weighted by molar-refractivity contribution is 5.76. The summed E-state index contributed by atoms with van der Waals surface area (Å²) in [5.41, 5.74) is -0.970. The van der Waals surface area contributed by atoms with Crippen molar-refractivity contribution in [3.63, 3.8) is 0 Å². The van der Waals surface area contributed by atoms with Crippen LogP contribution in [0.4, 0.5) is 4.79 Å². The highest BCUT2D eigenvalue weighted by Gasteiger charge is 2.23. The number of alkyl carbamates (subject to hydrolysis) is 1. The molecule has 6 nitrogen and oxygen atoms in total. The molecule has 0 aromatic rings. The van der Waals surface area contributed by atoms with E-state index in [1.165, 1.54) is 0 Å². The Labute approximate surface area is 134 Å². The van der Waals surface area contributed by atoms with E-state index >= 15 is 0 Å². The Balaban J connectivity index is 3.93. The number of hydrogen-bond donors (Lipinski definition) is 2. The summed E-state index contributed by atoms with van der Waals surface area (Å²) in [6.07, 6.45) is 1.84. The average Bonchev–Trinajstić information content (AvgIpc) is 2.28. The van der Waals surface area contributed by atoms with Gasteiger partial charge in [-0.05, 0) is 67.9 Å². The standard InChI is InChI=1S/C16H32N2O4/c1-15(2,3)21-13(19)12(17-7)10-8-9-11-18-14(20)22-16(4,5)6/h12,17H,8-11H2,1-7H3,(H,18,20). The van der Waals surface area contributed by atoms with Gasteiger partial charge in [0, 0.05) is 6.54 Å². The fraction of sp³-hybridized carbons (Fsp3) is 0.875. The maximum absolute atomic E-state index is 11.9. The van der Waals surface area contributed by atoms with Gasteiger partial charge in [-0.15, -0.1) is 0 Å². The summed E-state index contributed by atoms with van der Waals surface area (Å²) >= 11 is 0. The number of hydrogen-bond acceptors (Lipinski definition) is 5. The fourth-order valence-electron chi connectivity index (χ4n) is 1.73. The van der Waals surface area contributed by atoms with Gasteiger partial charge in [0.2, 0.25) is 0 Å². The molecule has 0 bridgehead atoms. The zero-order valence-corrected chi connectivity index (χ0v) is 15.0. The Kier molecular flexibility index (Phi) is 8.45. The first-order valence-corrected chi connectivity index (χ1v) is 7.81. The zero-order valence-electron chi connectivity index (χ0n) is 15.0. The van der Waals surface area contributed by atoms with E-state index in [1.807, 2.05) is 41.5 Å². The van der Waals surface area contributed by atoms with Crippen molar-refractivity contribution in [1.29, 1.82) is 0 Å². The van der Waals surface area contributed by atoms with Crippen LogP contribution in [0.25, 0.3) is 0 Å². The molecule has 0 aromatic heterocycles. The van der Waals surface area contributed by atoms with E-state index in [4.69, 9.17) is 9.47 Å². The molecule has 1 amide bonds. The van der Waals surface area contributed by atoms with Crippen LogP contribution in [-0.4, -0.2) is 42.9 Å². The second-order valence-corrected chi connectivity index (χ2v) is 7.30. The number of esters is 1. The Morgan fingerprint density at radius 3 is 1.95 bits per heavy atom. The van der Waals surface area contributed by atoms with E-state index in [9.17, 15) is 9.59 Å². The van der Waals surface area contributed by atoms with E-state index in [1.54, 1.807) is 7.05 Å². The smallest absolute Gasteiger partial charge is 0.407 e. The summed E-state index contributed by atoms with van der Waals surface area (Å²) in [5.74, 6) is -0.241. The first kappa shape index (κ1) is 20.7. The molecule has 0 aliphatic rings. The number of carbonyl (C=O) groups is 2. The number of nitrogens with one attached hydrogen (secondary N) is 2. The molecule has 0 aliphatic heterocycles. The summed E-state index contributed by atoms with van der Waals surface area (Å²) in [5, 5.41) is 5.67. The summed E-state index contributed by atoms with van der Waals surface area (Å²) in [6.45, 7) is 11.5. The first-order chi connectivity index (χ1) is 9.94. The van der Waals surface area contributed by atoms with Crippen molar-refractivity contribution in [2.45, 2.75) is 78.0 Å². The van der Waals surface area contributed by atoms with Crippen molar-refractivity contribution in [1.82, 2.24) is 10.6 Å². The second kappa shape index (κ2) is 8.98. The summed E-state index contributed by atoms with van der Waals surface area (Å²) in [7, 11) is 1.74. The molecule has 130 valence electrons. The predicted molar refractivity (Wildman–Crippen MR) is 86.8 cm³/mol. The highest BCUT2D eigenvalue weighted by atomic mass is 16.6. The van der Waals surface area contributed by atoms with Crippen molar-refractivity contribution >= 4 is 12.1 Å². The number of amides is 1. The van der Waals surface area contributed by atoms with Crippen molar-refractivity contribution < 1.29 is 19.1 Å². The number of ether oxygens (including phenoxy) is 2. The average molecular weight is 316 g/mol. The predicted octanol–water partition coefficient (Wildman–Crippen LogP) is 2.61. The van der Waals surface area contributed by atoms with Crippen molar-refractivity contribution in [3.05, 3.63) is 0 Å². The van der Waals surface area contributed by atoms with E-state index in [2.05, 4.69) is 10.6 Å². The van der Waals surface area contributed by atoms with Gasteiger partial charge in [-0.25, -0.2) is 4.79 Å². The largest absolute Gasteiger partial charge is 0.459 e. The third-order valence-corrected chi connectivity index (χ3v) is 2.63. The Morgan fingerprint density at radius 1 is 0.955 bits per heavy atom. The topological polar surface area (TPSA) is 76.7 Å². The molecule has 2 N–H and O–H groups in total. The molecule has 0 aromatic carbocycles.